The van der Waals surface area contributed by atoms with E-state index in [0.29, 0.717) is 29.8 Å². The van der Waals surface area contributed by atoms with Crippen LogP contribution in [0, 0.1) is 0 Å². The molecule has 0 aliphatic heterocycles. The molecule has 0 unspecified atom stereocenters. The minimum absolute atomic E-state index is 0.417. The number of hydrazone groups is 1. The maximum Gasteiger partial charge on any atom is 0.191 e. The van der Waals surface area contributed by atoms with Gasteiger partial charge in [-0.1, -0.05) is 48.5 Å². The first-order valence-corrected chi connectivity index (χ1v) is 9.74. The monoisotopic (exact) mass is 405 g/mol. The molecule has 148 valence electrons. The Bertz CT molecular complexity index is 947. The summed E-state index contributed by atoms with van der Waals surface area (Å²) in [7, 11) is 0. The Kier molecular flexibility index (Phi) is 7.60. The quantitative estimate of drug-likeness (QED) is 0.314. The van der Waals surface area contributed by atoms with Crippen molar-refractivity contribution < 1.29 is 9.47 Å². The van der Waals surface area contributed by atoms with Crippen LogP contribution in [0.1, 0.15) is 18.1 Å². The molecule has 3 rings (SSSR count). The lowest BCUT2D eigenvalue weighted by Crippen LogP contribution is -2.23. The van der Waals surface area contributed by atoms with Crippen LogP contribution < -0.4 is 20.2 Å². The number of para-hydroxylation sites is 1. The minimum Gasteiger partial charge on any atom is -0.490 e. The summed E-state index contributed by atoms with van der Waals surface area (Å²) in [6.45, 7) is 2.97. The molecule has 0 heterocycles. The van der Waals surface area contributed by atoms with Crippen LogP contribution in [-0.4, -0.2) is 17.9 Å². The first-order chi connectivity index (χ1) is 14.2. The topological polar surface area (TPSA) is 54.9 Å². The lowest BCUT2D eigenvalue weighted by molar-refractivity contribution is 0.269. The van der Waals surface area contributed by atoms with E-state index in [-0.39, 0.29) is 0 Å². The Morgan fingerprint density at radius 2 is 1.66 bits per heavy atom. The van der Waals surface area contributed by atoms with E-state index in [4.69, 9.17) is 21.7 Å². The fourth-order valence-electron chi connectivity index (χ4n) is 2.57. The maximum absolute atomic E-state index is 5.92. The average molecular weight is 406 g/mol. The molecule has 3 aromatic rings. The molecule has 0 bridgehead atoms. The minimum atomic E-state index is 0.417. The zero-order valence-electron chi connectivity index (χ0n) is 16.2. The van der Waals surface area contributed by atoms with Gasteiger partial charge in [0.1, 0.15) is 6.61 Å². The lowest BCUT2D eigenvalue weighted by Gasteiger charge is -2.12. The fraction of sp³-hybridized carbons (Fsp3) is 0.130. The molecule has 0 saturated heterocycles. The number of anilines is 1. The number of ether oxygens (including phenoxy) is 2. The van der Waals surface area contributed by atoms with E-state index in [1.54, 1.807) is 6.21 Å². The van der Waals surface area contributed by atoms with Gasteiger partial charge in [0.05, 0.1) is 12.8 Å². The SMILES string of the molecule is CCOc1cc(/C=N\NC(=S)Nc2ccccc2)ccc1OCc1ccccc1. The molecule has 0 amide bonds. The molecule has 0 saturated carbocycles. The largest absolute Gasteiger partial charge is 0.490 e. The zero-order valence-corrected chi connectivity index (χ0v) is 17.0. The van der Waals surface area contributed by atoms with Gasteiger partial charge in [-0.25, -0.2) is 0 Å². The highest BCUT2D eigenvalue weighted by Crippen LogP contribution is 2.28. The summed E-state index contributed by atoms with van der Waals surface area (Å²) >= 11 is 5.24. The molecule has 29 heavy (non-hydrogen) atoms. The second-order valence-corrected chi connectivity index (χ2v) is 6.51. The van der Waals surface area contributed by atoms with E-state index in [2.05, 4.69) is 15.8 Å². The summed E-state index contributed by atoms with van der Waals surface area (Å²) in [5.41, 5.74) is 5.68. The second kappa shape index (κ2) is 10.8. The van der Waals surface area contributed by atoms with Gasteiger partial charge >= 0.3 is 0 Å². The summed E-state index contributed by atoms with van der Waals surface area (Å²) in [4.78, 5) is 0. The van der Waals surface area contributed by atoms with Gasteiger partial charge in [0.2, 0.25) is 0 Å². The van der Waals surface area contributed by atoms with E-state index in [1.165, 1.54) is 0 Å². The number of hydrogen-bond donors (Lipinski definition) is 2. The van der Waals surface area contributed by atoms with Crippen molar-refractivity contribution in [3.05, 3.63) is 90.0 Å². The Labute approximate surface area is 176 Å². The molecule has 6 heteroatoms. The van der Waals surface area contributed by atoms with Crippen molar-refractivity contribution in [2.24, 2.45) is 5.10 Å². The van der Waals surface area contributed by atoms with Crippen LogP contribution in [0.25, 0.3) is 0 Å². The summed E-state index contributed by atoms with van der Waals surface area (Å²) < 4.78 is 11.7. The number of rotatable bonds is 8. The number of thiocarbonyl (C=S) groups is 1. The number of nitrogens with one attached hydrogen (secondary N) is 2. The van der Waals surface area contributed by atoms with E-state index in [9.17, 15) is 0 Å². The number of nitrogens with zero attached hydrogens (tertiary/aromatic N) is 1. The van der Waals surface area contributed by atoms with Gasteiger partial charge < -0.3 is 14.8 Å². The molecule has 0 aromatic heterocycles. The van der Waals surface area contributed by atoms with E-state index < -0.39 is 0 Å². The highest BCUT2D eigenvalue weighted by molar-refractivity contribution is 7.80. The predicted octanol–water partition coefficient (Wildman–Crippen LogP) is 4.98. The van der Waals surface area contributed by atoms with Crippen LogP contribution in [0.5, 0.6) is 11.5 Å². The summed E-state index contributed by atoms with van der Waals surface area (Å²) in [6.07, 6.45) is 1.68. The van der Waals surface area contributed by atoms with Gasteiger partial charge in [-0.15, -0.1) is 0 Å². The molecular weight excluding hydrogens is 382 g/mol. The average Bonchev–Trinajstić information content (AvgIpc) is 2.75. The van der Waals surface area contributed by atoms with Crippen molar-refractivity contribution in [1.29, 1.82) is 0 Å². The maximum atomic E-state index is 5.92. The van der Waals surface area contributed by atoms with Gasteiger partial charge in [0.25, 0.3) is 0 Å². The second-order valence-electron chi connectivity index (χ2n) is 6.10. The van der Waals surface area contributed by atoms with E-state index in [1.807, 2.05) is 85.8 Å². The third kappa shape index (κ3) is 6.62. The van der Waals surface area contributed by atoms with Crippen LogP contribution in [0.15, 0.2) is 84.0 Å². The third-order valence-corrected chi connectivity index (χ3v) is 4.11. The predicted molar refractivity (Wildman–Crippen MR) is 122 cm³/mol. The molecule has 2 N–H and O–H groups in total. The molecule has 0 aliphatic carbocycles. The Morgan fingerprint density at radius 3 is 2.38 bits per heavy atom. The van der Waals surface area contributed by atoms with Gasteiger partial charge in [-0.05, 0) is 60.6 Å². The number of benzene rings is 3. The standard InChI is InChI=1S/C23H23N3O2S/c1-2-27-22-15-19(13-14-21(22)28-17-18-9-5-3-6-10-18)16-24-26-23(29)25-20-11-7-4-8-12-20/h3-16H,2,17H2,1H3,(H2,25,26,29)/b24-16-. The summed E-state index contributed by atoms with van der Waals surface area (Å²) in [6, 6.07) is 25.4. The summed E-state index contributed by atoms with van der Waals surface area (Å²) in [5.74, 6) is 1.37. The highest BCUT2D eigenvalue weighted by Gasteiger charge is 2.06. The third-order valence-electron chi connectivity index (χ3n) is 3.92. The van der Waals surface area contributed by atoms with Crippen LogP contribution in [-0.2, 0) is 6.61 Å². The highest BCUT2D eigenvalue weighted by atomic mass is 32.1. The molecule has 0 spiro atoms. The van der Waals surface area contributed by atoms with Crippen molar-refractivity contribution in [2.75, 3.05) is 11.9 Å². The van der Waals surface area contributed by atoms with Gasteiger partial charge in [0, 0.05) is 5.69 Å². The van der Waals surface area contributed by atoms with Crippen LogP contribution >= 0.6 is 12.2 Å². The lowest BCUT2D eigenvalue weighted by atomic mass is 10.2. The zero-order chi connectivity index (χ0) is 20.3. The Hall–Kier alpha value is -3.38. The molecule has 5 nitrogen and oxygen atoms in total. The van der Waals surface area contributed by atoms with Crippen molar-refractivity contribution in [3.63, 3.8) is 0 Å². The molecule has 0 fully saturated rings. The van der Waals surface area contributed by atoms with Crippen molar-refractivity contribution in [2.45, 2.75) is 13.5 Å². The first kappa shape index (κ1) is 20.4. The van der Waals surface area contributed by atoms with Crippen molar-refractivity contribution >= 4 is 29.2 Å². The molecular formula is C23H23N3O2S. The van der Waals surface area contributed by atoms with E-state index >= 15 is 0 Å². The summed E-state index contributed by atoms with van der Waals surface area (Å²) in [5, 5.41) is 7.67. The van der Waals surface area contributed by atoms with Gasteiger partial charge in [-0.3, -0.25) is 5.43 Å². The first-order valence-electron chi connectivity index (χ1n) is 9.33. The van der Waals surface area contributed by atoms with Gasteiger partial charge in [-0.2, -0.15) is 5.10 Å². The van der Waals surface area contributed by atoms with Crippen LogP contribution in [0.4, 0.5) is 5.69 Å². The molecule has 0 aliphatic rings. The van der Waals surface area contributed by atoms with Crippen LogP contribution in [0.3, 0.4) is 0 Å². The van der Waals surface area contributed by atoms with Gasteiger partial charge in [0.15, 0.2) is 16.6 Å². The smallest absolute Gasteiger partial charge is 0.191 e. The van der Waals surface area contributed by atoms with E-state index in [0.717, 1.165) is 16.8 Å². The molecule has 3 aromatic carbocycles. The van der Waals surface area contributed by atoms with Crippen molar-refractivity contribution in [1.82, 2.24) is 5.43 Å². The van der Waals surface area contributed by atoms with Crippen LogP contribution in [0.2, 0.25) is 0 Å². The Balaban J connectivity index is 1.59. The van der Waals surface area contributed by atoms with Crippen molar-refractivity contribution in [3.8, 4) is 11.5 Å². The molecule has 0 atom stereocenters. The molecule has 0 radical (unpaired) electrons. The Morgan fingerprint density at radius 1 is 0.931 bits per heavy atom. The fourth-order valence-corrected chi connectivity index (χ4v) is 2.74. The number of hydrogen-bond acceptors (Lipinski definition) is 4. The normalized spacial score (nSPS) is 10.5.